The molecule has 0 fully saturated rings. The van der Waals surface area contributed by atoms with E-state index in [9.17, 15) is 14.5 Å². The molecule has 11 nitrogen and oxygen atoms in total. The molecule has 0 bridgehead atoms. The van der Waals surface area contributed by atoms with Crippen molar-refractivity contribution in [1.82, 2.24) is 19.5 Å². The molecule has 3 heterocycles. The average Bonchev–Trinajstić information content (AvgIpc) is 3.24. The third-order valence-electron chi connectivity index (χ3n) is 3.88. The molecule has 12 heteroatoms. The highest BCUT2D eigenvalue weighted by atomic mass is 31.1. The summed E-state index contributed by atoms with van der Waals surface area (Å²) in [5.41, 5.74) is 5.30. The number of aromatic amines is 1. The second-order valence-corrected chi connectivity index (χ2v) is 6.70. The van der Waals surface area contributed by atoms with Crippen molar-refractivity contribution >= 4 is 25.4 Å². The van der Waals surface area contributed by atoms with E-state index in [1.807, 2.05) is 0 Å². The molecule has 0 radical (unpaired) electrons. The standard InChI is InChI=1S/C16H14N5O6P/c17-16-19-13-12(14(23)20-16)18-8-21(13)15-11(22)6-10(26-15)7-25-28(24)27-9-4-2-1-3-5-9/h1-6,8,11,15,22H,7H2,(H2-,17,19,20,23)/p+1. The van der Waals surface area contributed by atoms with Gasteiger partial charge in [-0.15, -0.1) is 4.52 Å². The number of aromatic nitrogens is 4. The van der Waals surface area contributed by atoms with Crippen LogP contribution in [0.1, 0.15) is 6.23 Å². The number of fused-ring (bicyclic) bond motifs is 1. The topological polar surface area (TPSA) is 155 Å². The Bertz CT molecular complexity index is 1110. The number of nitrogens with one attached hydrogen (secondary N) is 1. The van der Waals surface area contributed by atoms with E-state index in [1.165, 1.54) is 17.0 Å². The second kappa shape index (κ2) is 7.39. The molecule has 1 aliphatic rings. The molecular weight excluding hydrogens is 389 g/mol. The van der Waals surface area contributed by atoms with Gasteiger partial charge in [0.15, 0.2) is 23.5 Å². The van der Waals surface area contributed by atoms with Crippen molar-refractivity contribution in [2.24, 2.45) is 0 Å². The maximum Gasteiger partial charge on any atom is 0.750 e. The van der Waals surface area contributed by atoms with E-state index in [2.05, 4.69) is 15.0 Å². The molecule has 0 aliphatic carbocycles. The summed E-state index contributed by atoms with van der Waals surface area (Å²) in [6.45, 7) is -0.182. The minimum Gasteiger partial charge on any atom is -0.469 e. The lowest BCUT2D eigenvalue weighted by atomic mass is 10.3. The molecule has 3 aromatic rings. The third kappa shape index (κ3) is 3.58. The summed E-state index contributed by atoms with van der Waals surface area (Å²) < 4.78 is 29.2. The minimum absolute atomic E-state index is 0.0639. The Morgan fingerprint density at radius 1 is 1.36 bits per heavy atom. The summed E-state index contributed by atoms with van der Waals surface area (Å²) in [6.07, 6.45) is 0.728. The van der Waals surface area contributed by atoms with Crippen LogP contribution in [-0.4, -0.2) is 37.3 Å². The number of nitrogens with two attached hydrogens (primary N) is 1. The Kier molecular flexibility index (Phi) is 4.78. The van der Waals surface area contributed by atoms with Crippen LogP contribution in [-0.2, 0) is 13.8 Å². The van der Waals surface area contributed by atoms with Gasteiger partial charge in [0.05, 0.1) is 0 Å². The van der Waals surface area contributed by atoms with Crippen molar-refractivity contribution < 1.29 is 23.5 Å². The molecule has 3 unspecified atom stereocenters. The molecule has 1 aromatic carbocycles. The van der Waals surface area contributed by atoms with Crippen molar-refractivity contribution in [1.29, 1.82) is 0 Å². The van der Waals surface area contributed by atoms with Crippen LogP contribution in [0.25, 0.3) is 11.2 Å². The molecule has 0 spiro atoms. The van der Waals surface area contributed by atoms with E-state index in [1.54, 1.807) is 30.3 Å². The number of nitrogen functional groups attached to an aromatic ring is 1. The highest BCUT2D eigenvalue weighted by molar-refractivity contribution is 7.33. The van der Waals surface area contributed by atoms with E-state index >= 15 is 0 Å². The van der Waals surface area contributed by atoms with Gasteiger partial charge in [0.2, 0.25) is 12.2 Å². The Balaban J connectivity index is 1.43. The number of rotatable bonds is 6. The van der Waals surface area contributed by atoms with E-state index in [-0.39, 0.29) is 29.5 Å². The van der Waals surface area contributed by atoms with Gasteiger partial charge in [0.1, 0.15) is 18.2 Å². The van der Waals surface area contributed by atoms with Crippen molar-refractivity contribution in [3.05, 3.63) is 58.8 Å². The number of aliphatic hydroxyl groups excluding tert-OH is 1. The molecule has 1 aliphatic heterocycles. The lowest BCUT2D eigenvalue weighted by Gasteiger charge is -2.17. The molecule has 0 amide bonds. The van der Waals surface area contributed by atoms with Crippen molar-refractivity contribution in [2.45, 2.75) is 12.3 Å². The maximum absolute atomic E-state index is 11.9. The Morgan fingerprint density at radius 2 is 2.14 bits per heavy atom. The van der Waals surface area contributed by atoms with E-state index in [0.717, 1.165) is 0 Å². The van der Waals surface area contributed by atoms with E-state index in [0.29, 0.717) is 5.75 Å². The van der Waals surface area contributed by atoms with Crippen LogP contribution in [0.4, 0.5) is 5.95 Å². The number of hydrogen-bond donors (Lipinski definition) is 3. The Hall–Kier alpha value is -3.27. The summed E-state index contributed by atoms with van der Waals surface area (Å²) in [5.74, 6) is 0.567. The molecule has 144 valence electrons. The molecule has 4 rings (SSSR count). The van der Waals surface area contributed by atoms with Crippen LogP contribution in [0.3, 0.4) is 0 Å². The van der Waals surface area contributed by atoms with Crippen molar-refractivity contribution in [2.75, 3.05) is 12.3 Å². The number of aliphatic hydroxyl groups is 1. The predicted octanol–water partition coefficient (Wildman–Crippen LogP) is 1.23. The Morgan fingerprint density at radius 3 is 2.93 bits per heavy atom. The Labute approximate surface area is 158 Å². The minimum atomic E-state index is -2.43. The number of anilines is 1. The number of hydrogen-bond acceptors (Lipinski definition) is 9. The molecule has 0 saturated heterocycles. The number of H-pyrrole nitrogens is 1. The largest absolute Gasteiger partial charge is 0.750 e. The monoisotopic (exact) mass is 404 g/mol. The van der Waals surface area contributed by atoms with Crippen LogP contribution < -0.4 is 15.8 Å². The first kappa shape index (κ1) is 18.1. The maximum atomic E-state index is 11.9. The fourth-order valence-electron chi connectivity index (χ4n) is 2.68. The SMILES string of the molecule is Nc1nc2c(ncn2C2OC(CO[P+](=O)Oc3ccccc3)=CC2O)c(=O)[nH]1. The van der Waals surface area contributed by atoms with Gasteiger partial charge in [-0.25, -0.2) is 9.51 Å². The molecule has 4 N–H and O–H groups in total. The number of benzene rings is 1. The molecule has 0 saturated carbocycles. The van der Waals surface area contributed by atoms with Crippen molar-refractivity contribution in [3.8, 4) is 5.75 Å². The normalized spacial score (nSPS) is 19.3. The number of ether oxygens (including phenoxy) is 1. The van der Waals surface area contributed by atoms with Gasteiger partial charge in [-0.2, -0.15) is 4.98 Å². The quantitative estimate of drug-likeness (QED) is 0.514. The third-order valence-corrected chi connectivity index (χ3v) is 4.58. The fraction of sp³-hybridized carbons (Fsp3) is 0.188. The van der Waals surface area contributed by atoms with Gasteiger partial charge in [0, 0.05) is 4.57 Å². The predicted molar refractivity (Wildman–Crippen MR) is 97.4 cm³/mol. The molecule has 3 atom stereocenters. The number of para-hydroxylation sites is 1. The first-order chi connectivity index (χ1) is 13.5. The molecule has 28 heavy (non-hydrogen) atoms. The van der Waals surface area contributed by atoms with Gasteiger partial charge < -0.3 is 15.6 Å². The van der Waals surface area contributed by atoms with Gasteiger partial charge in [0.25, 0.3) is 5.56 Å². The number of imidazole rings is 1. The zero-order valence-corrected chi connectivity index (χ0v) is 15.2. The summed E-state index contributed by atoms with van der Waals surface area (Å²) in [5, 5.41) is 10.3. The van der Waals surface area contributed by atoms with E-state index in [4.69, 9.17) is 19.5 Å². The van der Waals surface area contributed by atoms with Crippen LogP contribution >= 0.6 is 8.25 Å². The highest BCUT2D eigenvalue weighted by Gasteiger charge is 2.33. The van der Waals surface area contributed by atoms with Gasteiger partial charge in [-0.1, -0.05) is 18.2 Å². The fourth-order valence-corrected chi connectivity index (χ4v) is 3.26. The summed E-state index contributed by atoms with van der Waals surface area (Å²) in [7, 11) is -2.43. The first-order valence-corrected chi connectivity index (χ1v) is 9.22. The zero-order chi connectivity index (χ0) is 19.7. The van der Waals surface area contributed by atoms with Crippen LogP contribution in [0.5, 0.6) is 5.75 Å². The zero-order valence-electron chi connectivity index (χ0n) is 14.3. The second-order valence-electron chi connectivity index (χ2n) is 5.81. The van der Waals surface area contributed by atoms with Crippen LogP contribution in [0.15, 0.2) is 53.3 Å². The lowest BCUT2D eigenvalue weighted by Crippen LogP contribution is -2.21. The van der Waals surface area contributed by atoms with Crippen LogP contribution in [0.2, 0.25) is 0 Å². The summed E-state index contributed by atoms with van der Waals surface area (Å²) >= 11 is 0. The smallest absolute Gasteiger partial charge is 0.469 e. The van der Waals surface area contributed by atoms with Crippen molar-refractivity contribution in [3.63, 3.8) is 0 Å². The van der Waals surface area contributed by atoms with E-state index < -0.39 is 26.1 Å². The van der Waals surface area contributed by atoms with Gasteiger partial charge >= 0.3 is 8.25 Å². The summed E-state index contributed by atoms with van der Waals surface area (Å²) in [6, 6.07) is 8.57. The van der Waals surface area contributed by atoms with Gasteiger partial charge in [-0.05, 0) is 18.2 Å². The summed E-state index contributed by atoms with van der Waals surface area (Å²) in [4.78, 5) is 22.2. The lowest BCUT2D eigenvalue weighted by molar-refractivity contribution is -0.00370. The average molecular weight is 404 g/mol. The highest BCUT2D eigenvalue weighted by Crippen LogP contribution is 2.32. The number of nitrogens with zero attached hydrogens (tertiary/aromatic N) is 3. The van der Waals surface area contributed by atoms with Gasteiger partial charge in [-0.3, -0.25) is 14.3 Å². The molecular formula is C16H15N5O6P+. The first-order valence-electron chi connectivity index (χ1n) is 8.12. The van der Waals surface area contributed by atoms with Crippen LogP contribution in [0, 0.1) is 0 Å². The molecule has 2 aromatic heterocycles.